The molecule has 8 aromatic carbocycles. The average molecular weight is 975 g/mol. The summed E-state index contributed by atoms with van der Waals surface area (Å²) in [7, 11) is -0.182. The maximum atomic E-state index is 6.23. The largest absolute Gasteiger partial charge is 2.00 e. The fourth-order valence-corrected chi connectivity index (χ4v) is 12.4. The van der Waals surface area contributed by atoms with Crippen LogP contribution in [-0.2, 0) is 90.5 Å². The van der Waals surface area contributed by atoms with Crippen LogP contribution < -0.4 is 0 Å². The van der Waals surface area contributed by atoms with Gasteiger partial charge in [0.2, 0.25) is 0 Å². The first-order valence-corrected chi connectivity index (χ1v) is 25.7. The van der Waals surface area contributed by atoms with Crippen molar-refractivity contribution in [3.63, 3.8) is 0 Å². The molecule has 65 heavy (non-hydrogen) atoms. The van der Waals surface area contributed by atoms with Crippen molar-refractivity contribution in [2.45, 2.75) is 49.2 Å². The molecule has 0 N–H and O–H groups in total. The van der Waals surface area contributed by atoms with Crippen LogP contribution in [0.1, 0.15) is 44.5 Å². The molecule has 0 atom stereocenters. The van der Waals surface area contributed by atoms with Gasteiger partial charge in [0.05, 0.1) is 0 Å². The number of hydrogen-bond acceptors (Lipinski definition) is 4. The molecule has 0 radical (unpaired) electrons. The number of benzene rings is 8. The van der Waals surface area contributed by atoms with Crippen molar-refractivity contribution >= 4 is 54.9 Å². The van der Waals surface area contributed by atoms with Gasteiger partial charge in [-0.05, 0) is 30.9 Å². The zero-order valence-electron chi connectivity index (χ0n) is 37.0. The number of rotatable bonds is 16. The molecule has 0 saturated heterocycles. The van der Waals surface area contributed by atoms with Crippen molar-refractivity contribution in [1.82, 2.24) is 9.80 Å². The van der Waals surface area contributed by atoms with E-state index in [4.69, 9.17) is 24.4 Å². The van der Waals surface area contributed by atoms with Gasteiger partial charge < -0.3 is 31.6 Å². The standard InChI is InChI=1S/2C29H28NS2.Zn/c2*31-29(30(21-25-13-5-1-6-14-25)22-26-15-7-2-8-16-26)32(23-27-17-9-3-10-18-27)24-28-19-11-4-12-20-28;/h2*1-20H,21-24H2;/q2*-1;+2. The zero-order valence-corrected chi connectivity index (χ0v) is 43.2. The van der Waals surface area contributed by atoms with Crippen LogP contribution in [-0.4, -0.2) is 18.4 Å². The van der Waals surface area contributed by atoms with E-state index in [1.54, 1.807) is 0 Å². The Morgan fingerprint density at radius 2 is 0.415 bits per heavy atom. The summed E-state index contributed by atoms with van der Waals surface area (Å²) in [6.07, 6.45) is 0. The summed E-state index contributed by atoms with van der Waals surface area (Å²) < 4.78 is 2.12. The molecule has 0 aromatic heterocycles. The second-order valence-electron chi connectivity index (χ2n) is 15.7. The Kier molecular flexibility index (Phi) is 20.8. The van der Waals surface area contributed by atoms with E-state index in [9.17, 15) is 0 Å². The Bertz CT molecular complexity index is 2010. The van der Waals surface area contributed by atoms with Gasteiger partial charge in [-0.2, -0.15) is 0 Å². The molecule has 0 amide bonds. The summed E-state index contributed by atoms with van der Waals surface area (Å²) in [5.74, 6) is 3.87. The first-order chi connectivity index (χ1) is 31.6. The molecule has 0 unspecified atom stereocenters. The monoisotopic (exact) mass is 972 g/mol. The molecule has 0 spiro atoms. The van der Waals surface area contributed by atoms with Crippen LogP contribution in [0.4, 0.5) is 0 Å². The summed E-state index contributed by atoms with van der Waals surface area (Å²) in [4.78, 5) is 4.80. The van der Waals surface area contributed by atoms with Gasteiger partial charge in [-0.3, -0.25) is 0 Å². The van der Waals surface area contributed by atoms with Crippen molar-refractivity contribution in [1.29, 1.82) is 0 Å². The van der Waals surface area contributed by atoms with E-state index >= 15 is 0 Å². The topological polar surface area (TPSA) is 6.48 Å². The maximum Gasteiger partial charge on any atom is 2.00 e. The molecule has 324 valence electrons. The molecule has 7 heteroatoms. The van der Waals surface area contributed by atoms with Crippen LogP contribution in [0.25, 0.3) is 0 Å². The molecule has 8 rings (SSSR count). The van der Waals surface area contributed by atoms with Crippen LogP contribution in [0.2, 0.25) is 0 Å². The van der Waals surface area contributed by atoms with E-state index in [0.29, 0.717) is 0 Å². The van der Waals surface area contributed by atoms with E-state index in [1.165, 1.54) is 44.5 Å². The van der Waals surface area contributed by atoms with E-state index in [-0.39, 0.29) is 41.3 Å². The van der Waals surface area contributed by atoms with E-state index in [2.05, 4.69) is 252 Å². The number of hydrogen-bond donors (Lipinski definition) is 0. The Balaban J connectivity index is 0.000000212. The molecule has 0 aliphatic heterocycles. The summed E-state index contributed by atoms with van der Waals surface area (Å²) in [6.45, 7) is 3.28. The van der Waals surface area contributed by atoms with Crippen molar-refractivity contribution < 1.29 is 19.5 Å². The fourth-order valence-electron chi connectivity index (χ4n) is 7.40. The van der Waals surface area contributed by atoms with Gasteiger partial charge in [0.15, 0.2) is 0 Å². The molecule has 0 aliphatic rings. The van der Waals surface area contributed by atoms with Crippen molar-refractivity contribution in [3.8, 4) is 0 Å². The smallest absolute Gasteiger partial charge is 0.450 e. The Morgan fingerprint density at radius 3 is 0.585 bits per heavy atom. The third kappa shape index (κ3) is 16.7. The zero-order chi connectivity index (χ0) is 44.0. The van der Waals surface area contributed by atoms with Crippen LogP contribution >= 0.6 is 24.4 Å². The Morgan fingerprint density at radius 1 is 0.262 bits per heavy atom. The van der Waals surface area contributed by atoms with Gasteiger partial charge in [-0.15, -0.1) is 23.0 Å². The van der Waals surface area contributed by atoms with Gasteiger partial charge in [-0.25, -0.2) is 0 Å². The maximum absolute atomic E-state index is 6.23. The van der Waals surface area contributed by atoms with Crippen LogP contribution in [0.5, 0.6) is 0 Å². The molecule has 0 heterocycles. The Labute approximate surface area is 417 Å². The summed E-state index contributed by atoms with van der Waals surface area (Å²) >= 11 is 12.5. The van der Waals surface area contributed by atoms with Crippen molar-refractivity contribution in [2.75, 3.05) is 0 Å². The molecular weight excluding hydrogens is 918 g/mol. The third-order valence-corrected chi connectivity index (χ3v) is 16.8. The predicted molar refractivity (Wildman–Crippen MR) is 285 cm³/mol. The molecule has 0 saturated carbocycles. The van der Waals surface area contributed by atoms with Crippen LogP contribution in [0.15, 0.2) is 243 Å². The van der Waals surface area contributed by atoms with Crippen molar-refractivity contribution in [2.24, 2.45) is 0 Å². The second-order valence-corrected chi connectivity index (χ2v) is 20.9. The second kappa shape index (κ2) is 27.4. The third-order valence-electron chi connectivity index (χ3n) is 10.6. The number of nitrogens with zero attached hydrogens (tertiary/aromatic N) is 2. The van der Waals surface area contributed by atoms with Crippen molar-refractivity contribution in [3.05, 3.63) is 287 Å². The molecule has 2 nitrogen and oxygen atoms in total. The SMILES string of the molecule is S=C(N(Cc1ccccc1)Cc1ccccc1)[S-](Cc1ccccc1)Cc1ccccc1.S=C(N(Cc1ccccc1)Cc1ccccc1)[S-](Cc1ccccc1)Cc1ccccc1.[Zn+2]. The minimum absolute atomic E-state index is 0. The summed E-state index contributed by atoms with van der Waals surface area (Å²) in [6, 6.07) is 85.6. The first-order valence-electron chi connectivity index (χ1n) is 21.8. The van der Waals surface area contributed by atoms with Gasteiger partial charge in [0.1, 0.15) is 0 Å². The van der Waals surface area contributed by atoms with Crippen LogP contribution in [0.3, 0.4) is 0 Å². The van der Waals surface area contributed by atoms with Gasteiger partial charge in [0, 0.05) is 26.2 Å². The number of thiocarbonyl (C=S) groups is 2. The molecular formula is C58H56N2S4Zn. The van der Waals surface area contributed by atoms with E-state index < -0.39 is 0 Å². The first kappa shape index (κ1) is 49.3. The van der Waals surface area contributed by atoms with Crippen LogP contribution in [0, 0.1) is 0 Å². The quantitative estimate of drug-likeness (QED) is 0.0540. The van der Waals surface area contributed by atoms with Gasteiger partial charge >= 0.3 is 19.5 Å². The molecule has 8 aromatic rings. The molecule has 0 fully saturated rings. The van der Waals surface area contributed by atoms with E-state index in [0.717, 1.165) is 57.8 Å². The molecule has 0 aliphatic carbocycles. The predicted octanol–water partition coefficient (Wildman–Crippen LogP) is 14.0. The fraction of sp³-hybridized carbons (Fsp3) is 0.138. The van der Waals surface area contributed by atoms with Gasteiger partial charge in [-0.1, -0.05) is 289 Å². The summed E-state index contributed by atoms with van der Waals surface area (Å²) in [5.41, 5.74) is 10.5. The summed E-state index contributed by atoms with van der Waals surface area (Å²) in [5, 5.41) is 0. The Hall–Kier alpha value is -5.14. The minimum atomic E-state index is -0.0912. The normalized spacial score (nSPS) is 10.9. The molecule has 0 bridgehead atoms. The minimum Gasteiger partial charge on any atom is -0.450 e. The van der Waals surface area contributed by atoms with Gasteiger partial charge in [0.25, 0.3) is 0 Å². The van der Waals surface area contributed by atoms with E-state index in [1.807, 2.05) is 0 Å². The average Bonchev–Trinajstić information content (AvgIpc) is 3.35.